The molecule has 12 heavy (non-hydrogen) atoms. The quantitative estimate of drug-likeness (QED) is 0.676. The fourth-order valence-corrected chi connectivity index (χ4v) is 2.74. The van der Waals surface area contributed by atoms with Crippen LogP contribution in [0.15, 0.2) is 0 Å². The van der Waals surface area contributed by atoms with Gasteiger partial charge >= 0.3 is 0 Å². The third-order valence-corrected chi connectivity index (χ3v) is 3.65. The van der Waals surface area contributed by atoms with Gasteiger partial charge in [0.05, 0.1) is 0 Å². The molecule has 2 atom stereocenters. The second-order valence-electron chi connectivity index (χ2n) is 5.05. The van der Waals surface area contributed by atoms with Crippen molar-refractivity contribution in [2.75, 3.05) is 6.54 Å². The van der Waals surface area contributed by atoms with Gasteiger partial charge in [-0.25, -0.2) is 0 Å². The van der Waals surface area contributed by atoms with E-state index in [2.05, 4.69) is 20.8 Å². The Morgan fingerprint density at radius 3 is 2.58 bits per heavy atom. The Morgan fingerprint density at radius 1 is 1.42 bits per heavy atom. The topological polar surface area (TPSA) is 26.0 Å². The first-order chi connectivity index (χ1) is 5.58. The minimum absolute atomic E-state index is 0.539. The van der Waals surface area contributed by atoms with E-state index in [4.69, 9.17) is 5.73 Å². The van der Waals surface area contributed by atoms with E-state index >= 15 is 0 Å². The van der Waals surface area contributed by atoms with Gasteiger partial charge in [0.25, 0.3) is 0 Å². The Bertz CT molecular complexity index is 140. The summed E-state index contributed by atoms with van der Waals surface area (Å²) in [5, 5.41) is 0. The molecule has 0 spiro atoms. The monoisotopic (exact) mass is 169 g/mol. The van der Waals surface area contributed by atoms with Crippen LogP contribution in [0.1, 0.15) is 46.5 Å². The van der Waals surface area contributed by atoms with Crippen molar-refractivity contribution in [3.63, 3.8) is 0 Å². The molecular weight excluding hydrogens is 146 g/mol. The summed E-state index contributed by atoms with van der Waals surface area (Å²) >= 11 is 0. The second kappa shape index (κ2) is 3.78. The molecule has 1 heteroatoms. The highest BCUT2D eigenvalue weighted by atomic mass is 14.6. The normalized spacial score (nSPS) is 31.5. The molecule has 1 aliphatic rings. The van der Waals surface area contributed by atoms with Crippen LogP contribution in [-0.2, 0) is 0 Å². The molecule has 1 saturated carbocycles. The molecule has 1 aliphatic carbocycles. The van der Waals surface area contributed by atoms with Crippen LogP contribution in [0.25, 0.3) is 0 Å². The smallest absolute Gasteiger partial charge is 0.00487 e. The van der Waals surface area contributed by atoms with Crippen LogP contribution in [0.3, 0.4) is 0 Å². The van der Waals surface area contributed by atoms with Gasteiger partial charge in [-0.1, -0.05) is 33.6 Å². The van der Waals surface area contributed by atoms with Crippen molar-refractivity contribution < 1.29 is 0 Å². The molecule has 0 radical (unpaired) electrons. The van der Waals surface area contributed by atoms with E-state index in [9.17, 15) is 0 Å². The van der Waals surface area contributed by atoms with Crippen molar-refractivity contribution in [1.82, 2.24) is 0 Å². The summed E-state index contributed by atoms with van der Waals surface area (Å²) in [5.41, 5.74) is 6.26. The molecule has 0 aromatic carbocycles. The van der Waals surface area contributed by atoms with Crippen molar-refractivity contribution in [2.45, 2.75) is 46.5 Å². The summed E-state index contributed by atoms with van der Waals surface area (Å²) in [6.07, 6.45) is 5.62. The summed E-state index contributed by atoms with van der Waals surface area (Å²) in [5.74, 6) is 1.57. The van der Waals surface area contributed by atoms with Crippen molar-refractivity contribution in [1.29, 1.82) is 0 Å². The number of hydrogen-bond donors (Lipinski definition) is 1. The maximum absolute atomic E-state index is 5.72. The standard InChI is InChI=1S/C11H23N/c1-9(8-12)10-6-4-5-7-11(10,2)3/h9-10H,4-8,12H2,1-3H3/t9-,10?/m1/s1. The van der Waals surface area contributed by atoms with Gasteiger partial charge in [0.1, 0.15) is 0 Å². The van der Waals surface area contributed by atoms with E-state index < -0.39 is 0 Å². The summed E-state index contributed by atoms with van der Waals surface area (Å²) < 4.78 is 0. The molecule has 0 aliphatic heterocycles. The van der Waals surface area contributed by atoms with Crippen LogP contribution < -0.4 is 5.73 Å². The van der Waals surface area contributed by atoms with E-state index in [1.165, 1.54) is 25.7 Å². The lowest BCUT2D eigenvalue weighted by Gasteiger charge is -2.42. The highest BCUT2D eigenvalue weighted by Crippen LogP contribution is 2.43. The molecule has 0 amide bonds. The van der Waals surface area contributed by atoms with Gasteiger partial charge < -0.3 is 5.73 Å². The fourth-order valence-electron chi connectivity index (χ4n) is 2.74. The SMILES string of the molecule is C[C@H](CN)C1CCCCC1(C)C. The minimum Gasteiger partial charge on any atom is -0.330 e. The average molecular weight is 169 g/mol. The molecule has 1 unspecified atom stereocenters. The van der Waals surface area contributed by atoms with Gasteiger partial charge in [-0.3, -0.25) is 0 Å². The lowest BCUT2D eigenvalue weighted by atomic mass is 9.64. The van der Waals surface area contributed by atoms with Crippen LogP contribution >= 0.6 is 0 Å². The second-order valence-corrected chi connectivity index (χ2v) is 5.05. The van der Waals surface area contributed by atoms with E-state index in [-0.39, 0.29) is 0 Å². The van der Waals surface area contributed by atoms with Crippen molar-refractivity contribution in [2.24, 2.45) is 23.0 Å². The summed E-state index contributed by atoms with van der Waals surface area (Å²) in [6, 6.07) is 0. The third-order valence-electron chi connectivity index (χ3n) is 3.65. The molecular formula is C11H23N. The van der Waals surface area contributed by atoms with Crippen LogP contribution in [0, 0.1) is 17.3 Å². The molecule has 0 aromatic rings. The first-order valence-corrected chi connectivity index (χ1v) is 5.28. The predicted octanol–water partition coefficient (Wildman–Crippen LogP) is 2.80. The lowest BCUT2D eigenvalue weighted by Crippen LogP contribution is -2.35. The Hall–Kier alpha value is -0.0400. The molecule has 1 nitrogen and oxygen atoms in total. The van der Waals surface area contributed by atoms with Crippen LogP contribution in [0.4, 0.5) is 0 Å². The maximum atomic E-state index is 5.72. The number of rotatable bonds is 2. The molecule has 0 bridgehead atoms. The van der Waals surface area contributed by atoms with Crippen LogP contribution in [-0.4, -0.2) is 6.54 Å². The molecule has 0 saturated heterocycles. The van der Waals surface area contributed by atoms with Crippen LogP contribution in [0.2, 0.25) is 0 Å². The summed E-state index contributed by atoms with van der Waals surface area (Å²) in [4.78, 5) is 0. The lowest BCUT2D eigenvalue weighted by molar-refractivity contribution is 0.0917. The Morgan fingerprint density at radius 2 is 2.08 bits per heavy atom. The zero-order valence-electron chi connectivity index (χ0n) is 8.77. The first-order valence-electron chi connectivity index (χ1n) is 5.28. The third kappa shape index (κ3) is 2.01. The van der Waals surface area contributed by atoms with E-state index in [1.54, 1.807) is 0 Å². The van der Waals surface area contributed by atoms with Crippen LogP contribution in [0.5, 0.6) is 0 Å². The summed E-state index contributed by atoms with van der Waals surface area (Å²) in [6.45, 7) is 7.97. The fraction of sp³-hybridized carbons (Fsp3) is 1.00. The maximum Gasteiger partial charge on any atom is -0.00487 e. The van der Waals surface area contributed by atoms with Gasteiger partial charge in [-0.15, -0.1) is 0 Å². The summed E-state index contributed by atoms with van der Waals surface area (Å²) in [7, 11) is 0. The predicted molar refractivity (Wildman–Crippen MR) is 54.0 cm³/mol. The first kappa shape index (κ1) is 10.0. The Balaban J connectivity index is 2.59. The zero-order valence-corrected chi connectivity index (χ0v) is 8.77. The number of nitrogens with two attached hydrogens (primary N) is 1. The van der Waals surface area contributed by atoms with Crippen molar-refractivity contribution >= 4 is 0 Å². The van der Waals surface area contributed by atoms with E-state index in [1.807, 2.05) is 0 Å². The zero-order chi connectivity index (χ0) is 9.19. The molecule has 0 aromatic heterocycles. The number of hydrogen-bond acceptors (Lipinski definition) is 1. The molecule has 2 N–H and O–H groups in total. The molecule has 0 heterocycles. The van der Waals surface area contributed by atoms with Crippen molar-refractivity contribution in [3.8, 4) is 0 Å². The van der Waals surface area contributed by atoms with Gasteiger partial charge in [0, 0.05) is 0 Å². The minimum atomic E-state index is 0.539. The Kier molecular flexibility index (Phi) is 3.16. The van der Waals surface area contributed by atoms with E-state index in [0.29, 0.717) is 11.3 Å². The molecule has 1 rings (SSSR count). The van der Waals surface area contributed by atoms with Crippen molar-refractivity contribution in [3.05, 3.63) is 0 Å². The van der Waals surface area contributed by atoms with E-state index in [0.717, 1.165) is 12.5 Å². The molecule has 72 valence electrons. The molecule has 1 fully saturated rings. The Labute approximate surface area is 76.7 Å². The van der Waals surface area contributed by atoms with Gasteiger partial charge in [-0.05, 0) is 36.6 Å². The largest absolute Gasteiger partial charge is 0.330 e. The van der Waals surface area contributed by atoms with Gasteiger partial charge in [0.15, 0.2) is 0 Å². The van der Waals surface area contributed by atoms with Gasteiger partial charge in [-0.2, -0.15) is 0 Å². The highest BCUT2D eigenvalue weighted by molar-refractivity contribution is 4.85. The van der Waals surface area contributed by atoms with Gasteiger partial charge in [0.2, 0.25) is 0 Å². The highest BCUT2D eigenvalue weighted by Gasteiger charge is 2.34. The average Bonchev–Trinajstić information content (AvgIpc) is 2.02.